The molecule has 1 atom stereocenters. The van der Waals surface area contributed by atoms with Crippen LogP contribution in [0.15, 0.2) is 36.4 Å². The van der Waals surface area contributed by atoms with E-state index < -0.39 is 28.5 Å². The Morgan fingerprint density at radius 2 is 1.74 bits per heavy atom. The molecule has 1 aliphatic carbocycles. The number of amides is 2. The number of sulfonamides is 1. The zero-order valence-electron chi connectivity index (χ0n) is 21.5. The Labute approximate surface area is 239 Å². The fourth-order valence-electron chi connectivity index (χ4n) is 4.55. The van der Waals surface area contributed by atoms with Crippen LogP contribution in [0.3, 0.4) is 0 Å². The van der Waals surface area contributed by atoms with Gasteiger partial charge in [0.25, 0.3) is 0 Å². The van der Waals surface area contributed by atoms with Crippen LogP contribution in [0.2, 0.25) is 15.1 Å². The highest BCUT2D eigenvalue weighted by molar-refractivity contribution is 7.92. The fraction of sp³-hybridized carbons (Fsp3) is 0.462. The molecule has 3 rings (SSSR count). The van der Waals surface area contributed by atoms with Gasteiger partial charge in [-0.1, -0.05) is 66.7 Å². The van der Waals surface area contributed by atoms with Crippen LogP contribution in [0.5, 0.6) is 5.75 Å². The van der Waals surface area contributed by atoms with Gasteiger partial charge in [-0.2, -0.15) is 0 Å². The van der Waals surface area contributed by atoms with E-state index in [0.29, 0.717) is 12.2 Å². The van der Waals surface area contributed by atoms with Gasteiger partial charge in [-0.25, -0.2) is 8.42 Å². The van der Waals surface area contributed by atoms with Crippen molar-refractivity contribution in [2.24, 2.45) is 0 Å². The Kier molecular flexibility index (Phi) is 10.6. The number of carbonyl (C=O) groups is 2. The van der Waals surface area contributed by atoms with Crippen LogP contribution in [0.1, 0.15) is 44.6 Å². The van der Waals surface area contributed by atoms with Crippen molar-refractivity contribution in [2.75, 3.05) is 24.2 Å². The van der Waals surface area contributed by atoms with Crippen molar-refractivity contribution in [3.05, 3.63) is 57.0 Å². The average Bonchev–Trinajstić information content (AvgIpc) is 3.37. The molecule has 0 spiro atoms. The molecule has 1 aliphatic rings. The topological polar surface area (TPSA) is 96.0 Å². The van der Waals surface area contributed by atoms with Gasteiger partial charge < -0.3 is 15.0 Å². The highest BCUT2D eigenvalue weighted by Crippen LogP contribution is 2.35. The van der Waals surface area contributed by atoms with E-state index in [1.807, 2.05) is 13.0 Å². The first-order valence-corrected chi connectivity index (χ1v) is 15.3. The van der Waals surface area contributed by atoms with Crippen LogP contribution < -0.4 is 14.4 Å². The number of rotatable bonds is 11. The largest absolute Gasteiger partial charge is 0.497 e. The molecule has 8 nitrogen and oxygen atoms in total. The maximum absolute atomic E-state index is 13.8. The summed E-state index contributed by atoms with van der Waals surface area (Å²) in [6, 6.07) is 9.01. The van der Waals surface area contributed by atoms with Crippen molar-refractivity contribution >= 4 is 62.3 Å². The Morgan fingerprint density at radius 1 is 1.08 bits per heavy atom. The third-order valence-corrected chi connectivity index (χ3v) is 8.66. The number of benzene rings is 2. The maximum atomic E-state index is 13.8. The molecule has 1 N–H and O–H groups in total. The van der Waals surface area contributed by atoms with Crippen molar-refractivity contribution in [1.82, 2.24) is 10.2 Å². The van der Waals surface area contributed by atoms with Gasteiger partial charge in [-0.3, -0.25) is 13.9 Å². The predicted octanol–water partition coefficient (Wildman–Crippen LogP) is 5.29. The van der Waals surface area contributed by atoms with Crippen LogP contribution in [0.4, 0.5) is 5.69 Å². The van der Waals surface area contributed by atoms with E-state index in [4.69, 9.17) is 39.5 Å². The first-order chi connectivity index (χ1) is 17.9. The lowest BCUT2D eigenvalue weighted by molar-refractivity contribution is -0.140. The van der Waals surface area contributed by atoms with Gasteiger partial charge in [0.05, 0.1) is 34.1 Å². The molecule has 0 radical (unpaired) electrons. The second-order valence-electron chi connectivity index (χ2n) is 9.27. The van der Waals surface area contributed by atoms with Crippen molar-refractivity contribution in [2.45, 2.75) is 57.7 Å². The first kappa shape index (κ1) is 30.3. The molecule has 0 aromatic heterocycles. The van der Waals surface area contributed by atoms with E-state index in [0.717, 1.165) is 41.8 Å². The number of ether oxygens (including phenoxy) is 1. The molecule has 0 unspecified atom stereocenters. The minimum absolute atomic E-state index is 0.0155. The third-order valence-electron chi connectivity index (χ3n) is 6.51. The lowest BCUT2D eigenvalue weighted by Crippen LogP contribution is -2.53. The summed E-state index contributed by atoms with van der Waals surface area (Å²) in [6.07, 6.45) is 5.17. The lowest BCUT2D eigenvalue weighted by Gasteiger charge is -2.33. The number of nitrogens with zero attached hydrogens (tertiary/aromatic N) is 2. The SMILES string of the molecule is CC[C@@H](C(=O)NC1CCCC1)N(Cc1cccc(OC)c1)C(=O)CN(c1cc(Cl)c(Cl)cc1Cl)S(C)(=O)=O. The Balaban J connectivity index is 1.98. The molecule has 2 amide bonds. The smallest absolute Gasteiger partial charge is 0.244 e. The van der Waals surface area contributed by atoms with Crippen LogP contribution >= 0.6 is 34.8 Å². The van der Waals surface area contributed by atoms with Crippen molar-refractivity contribution in [3.63, 3.8) is 0 Å². The van der Waals surface area contributed by atoms with Crippen molar-refractivity contribution in [3.8, 4) is 5.75 Å². The summed E-state index contributed by atoms with van der Waals surface area (Å²) in [5.41, 5.74) is 0.741. The summed E-state index contributed by atoms with van der Waals surface area (Å²) in [5, 5.41) is 3.32. The zero-order valence-corrected chi connectivity index (χ0v) is 24.6. The summed E-state index contributed by atoms with van der Waals surface area (Å²) in [5.74, 6) is -0.248. The Morgan fingerprint density at radius 3 is 2.34 bits per heavy atom. The second-order valence-corrected chi connectivity index (χ2v) is 12.4. The summed E-state index contributed by atoms with van der Waals surface area (Å²) in [6.45, 7) is 1.29. The number of carbonyl (C=O) groups excluding carboxylic acids is 2. The molecule has 0 heterocycles. The molecule has 38 heavy (non-hydrogen) atoms. The van der Waals surface area contributed by atoms with Gasteiger partial charge in [0.1, 0.15) is 18.3 Å². The van der Waals surface area contributed by atoms with Gasteiger partial charge >= 0.3 is 0 Å². The normalized spacial score (nSPS) is 14.7. The molecule has 12 heteroatoms. The molecular weight excluding hydrogens is 573 g/mol. The van der Waals surface area contributed by atoms with E-state index in [-0.39, 0.29) is 39.2 Å². The lowest BCUT2D eigenvalue weighted by atomic mass is 10.1. The summed E-state index contributed by atoms with van der Waals surface area (Å²) < 4.78 is 31.8. The van der Waals surface area contributed by atoms with Crippen LogP contribution in [-0.4, -0.2) is 57.1 Å². The summed E-state index contributed by atoms with van der Waals surface area (Å²) >= 11 is 18.5. The number of hydrogen-bond donors (Lipinski definition) is 1. The molecule has 2 aromatic carbocycles. The maximum Gasteiger partial charge on any atom is 0.244 e. The van der Waals surface area contributed by atoms with Crippen LogP contribution in [0.25, 0.3) is 0 Å². The van der Waals surface area contributed by atoms with E-state index >= 15 is 0 Å². The quantitative estimate of drug-likeness (QED) is 0.352. The van der Waals surface area contributed by atoms with E-state index in [9.17, 15) is 18.0 Å². The number of anilines is 1. The Bertz CT molecular complexity index is 1270. The molecule has 2 aromatic rings. The fourth-order valence-corrected chi connectivity index (χ4v) is 6.10. The van der Waals surface area contributed by atoms with Gasteiger partial charge in [0.2, 0.25) is 21.8 Å². The third kappa shape index (κ3) is 7.68. The highest BCUT2D eigenvalue weighted by Gasteiger charge is 2.33. The molecule has 208 valence electrons. The predicted molar refractivity (Wildman–Crippen MR) is 152 cm³/mol. The van der Waals surface area contributed by atoms with Crippen molar-refractivity contribution in [1.29, 1.82) is 0 Å². The number of halogens is 3. The summed E-state index contributed by atoms with van der Waals surface area (Å²) in [4.78, 5) is 28.6. The van der Waals surface area contributed by atoms with E-state index in [2.05, 4.69) is 5.32 Å². The van der Waals surface area contributed by atoms with Gasteiger partial charge in [0.15, 0.2) is 0 Å². The second kappa shape index (κ2) is 13.2. The van der Waals surface area contributed by atoms with Gasteiger partial charge in [-0.05, 0) is 49.1 Å². The molecule has 1 saturated carbocycles. The summed E-state index contributed by atoms with van der Waals surface area (Å²) in [7, 11) is -2.44. The van der Waals surface area contributed by atoms with E-state index in [1.54, 1.807) is 18.2 Å². The monoisotopic (exact) mass is 603 g/mol. The Hall–Kier alpha value is -2.20. The first-order valence-electron chi connectivity index (χ1n) is 12.3. The molecule has 0 bridgehead atoms. The van der Waals surface area contributed by atoms with Crippen molar-refractivity contribution < 1.29 is 22.7 Å². The minimum atomic E-state index is -3.97. The van der Waals surface area contributed by atoms with Gasteiger partial charge in [-0.15, -0.1) is 0 Å². The molecular formula is C26H32Cl3N3O5S. The average molecular weight is 605 g/mol. The molecule has 0 aliphatic heterocycles. The van der Waals surface area contributed by atoms with Gasteiger partial charge in [0, 0.05) is 12.6 Å². The van der Waals surface area contributed by atoms with Crippen LogP contribution in [-0.2, 0) is 26.2 Å². The zero-order chi connectivity index (χ0) is 28.0. The minimum Gasteiger partial charge on any atom is -0.497 e. The number of methoxy groups -OCH3 is 1. The van der Waals surface area contributed by atoms with Crippen LogP contribution in [0, 0.1) is 0 Å². The number of nitrogens with one attached hydrogen (secondary N) is 1. The molecule has 1 fully saturated rings. The van der Waals surface area contributed by atoms with E-state index in [1.165, 1.54) is 24.1 Å². The highest BCUT2D eigenvalue weighted by atomic mass is 35.5. The standard InChI is InChI=1S/C26H32Cl3N3O5S/c1-4-23(26(34)30-18-9-5-6-10-18)31(15-17-8-7-11-19(12-17)37-2)25(33)16-32(38(3,35)36)24-14-21(28)20(27)13-22(24)29/h7-8,11-14,18,23H,4-6,9-10,15-16H2,1-3H3,(H,30,34)/t23-/m0/s1. The molecule has 0 saturated heterocycles. The number of hydrogen-bond acceptors (Lipinski definition) is 5.